The van der Waals surface area contributed by atoms with Crippen molar-refractivity contribution in [1.29, 1.82) is 0 Å². The average Bonchev–Trinajstić information content (AvgIpc) is 2.64. The van der Waals surface area contributed by atoms with Gasteiger partial charge in [-0.05, 0) is 25.7 Å². The van der Waals surface area contributed by atoms with E-state index < -0.39 is 22.8 Å². The summed E-state index contributed by atoms with van der Waals surface area (Å²) < 4.78 is 0. The largest absolute Gasteiger partial charge is 0.378 e. The van der Waals surface area contributed by atoms with Crippen molar-refractivity contribution in [1.82, 2.24) is 0 Å². The van der Waals surface area contributed by atoms with Gasteiger partial charge in [0.15, 0.2) is 22.8 Å². The van der Waals surface area contributed by atoms with E-state index in [-0.39, 0.29) is 12.8 Å². The van der Waals surface area contributed by atoms with Crippen molar-refractivity contribution in [2.45, 2.75) is 36.9 Å². The van der Waals surface area contributed by atoms with E-state index in [1.807, 2.05) is 0 Å². The molecule has 4 heteroatoms. The summed E-state index contributed by atoms with van der Waals surface area (Å²) >= 11 is 0. The molecule has 1 saturated carbocycles. The van der Waals surface area contributed by atoms with E-state index in [1.165, 1.54) is 0 Å². The Bertz CT molecular complexity index is 675. The Kier molecular flexibility index (Phi) is 4.35. The van der Waals surface area contributed by atoms with Gasteiger partial charge in [0.2, 0.25) is 0 Å². The molecule has 2 atom stereocenters. The maximum atomic E-state index is 12.9. The number of Topliss-reactive ketones (excluding diaryl/α,β-unsaturated/α-hetero) is 2. The average molecular weight is 324 g/mol. The fourth-order valence-corrected chi connectivity index (χ4v) is 3.43. The first-order valence-corrected chi connectivity index (χ1v) is 8.13. The summed E-state index contributed by atoms with van der Waals surface area (Å²) in [6.07, 6.45) is 1.30. The lowest BCUT2D eigenvalue weighted by Gasteiger charge is -2.44. The van der Waals surface area contributed by atoms with Gasteiger partial charge >= 0.3 is 0 Å². The van der Waals surface area contributed by atoms with Gasteiger partial charge in [0.05, 0.1) is 0 Å². The molecule has 0 radical (unpaired) electrons. The Balaban J connectivity index is 2.04. The van der Waals surface area contributed by atoms with Crippen molar-refractivity contribution in [3.05, 3.63) is 71.8 Å². The Hall–Kier alpha value is -2.30. The fourth-order valence-electron chi connectivity index (χ4n) is 3.43. The first-order chi connectivity index (χ1) is 11.5. The zero-order valence-corrected chi connectivity index (χ0v) is 13.3. The normalized spacial score (nSPS) is 26.8. The third-order valence-corrected chi connectivity index (χ3v) is 4.83. The SMILES string of the molecule is O=C(c1ccccc1)C1(O)CCCCC1(O)C(=O)c1ccccc1. The smallest absolute Gasteiger partial charge is 0.197 e. The second-order valence-electron chi connectivity index (χ2n) is 6.32. The summed E-state index contributed by atoms with van der Waals surface area (Å²) in [5, 5.41) is 22.2. The molecule has 0 aromatic heterocycles. The monoisotopic (exact) mass is 324 g/mol. The number of carbonyl (C=O) groups excluding carboxylic acids is 2. The number of aliphatic hydroxyl groups is 2. The molecule has 0 bridgehead atoms. The van der Waals surface area contributed by atoms with Crippen LogP contribution in [0.15, 0.2) is 60.7 Å². The van der Waals surface area contributed by atoms with E-state index in [1.54, 1.807) is 60.7 Å². The first-order valence-electron chi connectivity index (χ1n) is 8.13. The molecule has 2 N–H and O–H groups in total. The molecule has 0 amide bonds. The number of hydrogen-bond donors (Lipinski definition) is 2. The molecule has 3 rings (SSSR count). The summed E-state index contributed by atoms with van der Waals surface area (Å²) in [7, 11) is 0. The summed E-state index contributed by atoms with van der Waals surface area (Å²) in [5.74, 6) is -1.20. The molecule has 4 nitrogen and oxygen atoms in total. The molecule has 24 heavy (non-hydrogen) atoms. The van der Waals surface area contributed by atoms with Gasteiger partial charge in [-0.25, -0.2) is 0 Å². The van der Waals surface area contributed by atoms with Crippen LogP contribution in [0.2, 0.25) is 0 Å². The predicted molar refractivity (Wildman–Crippen MR) is 89.9 cm³/mol. The fraction of sp³-hybridized carbons (Fsp3) is 0.300. The van der Waals surface area contributed by atoms with Gasteiger partial charge in [-0.3, -0.25) is 9.59 Å². The molecular weight excluding hydrogens is 304 g/mol. The maximum Gasteiger partial charge on any atom is 0.197 e. The van der Waals surface area contributed by atoms with Crippen LogP contribution in [0.1, 0.15) is 46.4 Å². The molecule has 2 aromatic carbocycles. The quantitative estimate of drug-likeness (QED) is 0.848. The van der Waals surface area contributed by atoms with Gasteiger partial charge < -0.3 is 10.2 Å². The van der Waals surface area contributed by atoms with Gasteiger partial charge in [0.1, 0.15) is 0 Å². The van der Waals surface area contributed by atoms with Gasteiger partial charge in [-0.2, -0.15) is 0 Å². The van der Waals surface area contributed by atoms with Crippen molar-refractivity contribution < 1.29 is 19.8 Å². The lowest BCUT2D eigenvalue weighted by Crippen LogP contribution is -2.65. The first kappa shape index (κ1) is 16.6. The minimum absolute atomic E-state index is 0.0653. The van der Waals surface area contributed by atoms with Gasteiger partial charge in [0.25, 0.3) is 0 Å². The van der Waals surface area contributed by atoms with Gasteiger partial charge in [-0.1, -0.05) is 60.7 Å². The molecule has 2 unspecified atom stereocenters. The van der Waals surface area contributed by atoms with Crippen molar-refractivity contribution >= 4 is 11.6 Å². The van der Waals surface area contributed by atoms with E-state index in [0.29, 0.717) is 24.0 Å². The van der Waals surface area contributed by atoms with E-state index in [4.69, 9.17) is 0 Å². The standard InChI is InChI=1S/C20H20O4/c21-17(15-9-3-1-4-10-15)19(23)13-7-8-14-20(19,24)18(22)16-11-5-2-6-12-16/h1-6,9-12,23-24H,7-8,13-14H2. The van der Waals surface area contributed by atoms with Gasteiger partial charge in [0, 0.05) is 11.1 Å². The number of benzene rings is 2. The molecule has 0 spiro atoms. The van der Waals surface area contributed by atoms with Crippen molar-refractivity contribution in [3.8, 4) is 0 Å². The van der Waals surface area contributed by atoms with Gasteiger partial charge in [-0.15, -0.1) is 0 Å². The number of carbonyl (C=O) groups is 2. The highest BCUT2D eigenvalue weighted by Crippen LogP contribution is 2.41. The third kappa shape index (κ3) is 2.58. The van der Waals surface area contributed by atoms with E-state index in [2.05, 4.69) is 0 Å². The molecular formula is C20H20O4. The maximum absolute atomic E-state index is 12.9. The highest BCUT2D eigenvalue weighted by Gasteiger charge is 2.60. The molecule has 1 aliphatic carbocycles. The zero-order chi connectivity index (χ0) is 17.2. The highest BCUT2D eigenvalue weighted by atomic mass is 16.4. The second kappa shape index (κ2) is 6.30. The molecule has 1 aliphatic rings. The van der Waals surface area contributed by atoms with Crippen molar-refractivity contribution in [2.24, 2.45) is 0 Å². The number of hydrogen-bond acceptors (Lipinski definition) is 4. The van der Waals surface area contributed by atoms with Crippen LogP contribution < -0.4 is 0 Å². The van der Waals surface area contributed by atoms with Crippen LogP contribution in [0.4, 0.5) is 0 Å². The van der Waals surface area contributed by atoms with Crippen LogP contribution in [0.5, 0.6) is 0 Å². The summed E-state index contributed by atoms with van der Waals surface area (Å²) in [4.78, 5) is 25.8. The summed E-state index contributed by atoms with van der Waals surface area (Å²) in [5.41, 5.74) is -3.64. The minimum Gasteiger partial charge on any atom is -0.378 e. The number of rotatable bonds is 4. The third-order valence-electron chi connectivity index (χ3n) is 4.83. The van der Waals surface area contributed by atoms with Crippen LogP contribution in [0, 0.1) is 0 Å². The summed E-state index contributed by atoms with van der Waals surface area (Å²) in [6.45, 7) is 0. The summed E-state index contributed by atoms with van der Waals surface area (Å²) in [6, 6.07) is 16.6. The molecule has 0 saturated heterocycles. The van der Waals surface area contributed by atoms with Crippen LogP contribution in [-0.4, -0.2) is 33.0 Å². The molecule has 124 valence electrons. The molecule has 0 aliphatic heterocycles. The lowest BCUT2D eigenvalue weighted by atomic mass is 9.65. The Labute approximate surface area is 140 Å². The van der Waals surface area contributed by atoms with Crippen LogP contribution in [0.25, 0.3) is 0 Å². The molecule has 2 aromatic rings. The van der Waals surface area contributed by atoms with Crippen LogP contribution in [-0.2, 0) is 0 Å². The Morgan fingerprint density at radius 3 is 1.33 bits per heavy atom. The second-order valence-corrected chi connectivity index (χ2v) is 6.32. The van der Waals surface area contributed by atoms with E-state index in [9.17, 15) is 19.8 Å². The molecule has 0 heterocycles. The Morgan fingerprint density at radius 1 is 0.667 bits per heavy atom. The van der Waals surface area contributed by atoms with Crippen LogP contribution in [0.3, 0.4) is 0 Å². The topological polar surface area (TPSA) is 74.6 Å². The minimum atomic E-state index is -2.11. The van der Waals surface area contributed by atoms with Crippen molar-refractivity contribution in [3.63, 3.8) is 0 Å². The van der Waals surface area contributed by atoms with Crippen molar-refractivity contribution in [2.75, 3.05) is 0 Å². The van der Waals surface area contributed by atoms with Crippen LogP contribution >= 0.6 is 0 Å². The highest BCUT2D eigenvalue weighted by molar-refractivity contribution is 6.12. The van der Waals surface area contributed by atoms with E-state index >= 15 is 0 Å². The zero-order valence-electron chi connectivity index (χ0n) is 13.3. The Morgan fingerprint density at radius 2 is 1.00 bits per heavy atom. The lowest BCUT2D eigenvalue weighted by molar-refractivity contribution is -0.121. The van der Waals surface area contributed by atoms with E-state index in [0.717, 1.165) is 0 Å². The predicted octanol–water partition coefficient (Wildman–Crippen LogP) is 2.79. The number of ketones is 2. The molecule has 1 fully saturated rings.